The molecular formula is C17H28ClIN4O. The van der Waals surface area contributed by atoms with Crippen LogP contribution in [0.25, 0.3) is 0 Å². The van der Waals surface area contributed by atoms with Crippen LogP contribution in [0.2, 0.25) is 5.02 Å². The second kappa shape index (κ2) is 13.3. The van der Waals surface area contributed by atoms with Crippen molar-refractivity contribution in [1.29, 1.82) is 0 Å². The van der Waals surface area contributed by atoms with Crippen molar-refractivity contribution in [1.82, 2.24) is 16.0 Å². The van der Waals surface area contributed by atoms with Gasteiger partial charge in [0.1, 0.15) is 0 Å². The van der Waals surface area contributed by atoms with Gasteiger partial charge in [0, 0.05) is 37.6 Å². The first-order valence-electron chi connectivity index (χ1n) is 8.03. The summed E-state index contributed by atoms with van der Waals surface area (Å²) in [7, 11) is 1.72. The number of hydrogen-bond acceptors (Lipinski definition) is 2. The van der Waals surface area contributed by atoms with Gasteiger partial charge < -0.3 is 16.0 Å². The molecule has 24 heavy (non-hydrogen) atoms. The highest BCUT2D eigenvalue weighted by Gasteiger charge is 2.05. The van der Waals surface area contributed by atoms with Gasteiger partial charge in [0.15, 0.2) is 5.96 Å². The van der Waals surface area contributed by atoms with Gasteiger partial charge in [0.2, 0.25) is 5.91 Å². The molecule has 1 amide bonds. The molecule has 0 saturated heterocycles. The molecule has 1 aromatic rings. The van der Waals surface area contributed by atoms with Gasteiger partial charge in [-0.25, -0.2) is 0 Å². The fraction of sp³-hybridized carbons (Fsp3) is 0.529. The predicted molar refractivity (Wildman–Crippen MR) is 112 cm³/mol. The van der Waals surface area contributed by atoms with Crippen molar-refractivity contribution in [3.63, 3.8) is 0 Å². The van der Waals surface area contributed by atoms with Crippen molar-refractivity contribution in [3.8, 4) is 0 Å². The lowest BCUT2D eigenvalue weighted by Crippen LogP contribution is -2.41. The first kappa shape index (κ1) is 23.0. The van der Waals surface area contributed by atoms with Gasteiger partial charge in [-0.2, -0.15) is 0 Å². The lowest BCUT2D eigenvalue weighted by atomic mass is 10.1. The van der Waals surface area contributed by atoms with Crippen molar-refractivity contribution in [2.45, 2.75) is 39.2 Å². The Bertz CT molecular complexity index is 508. The summed E-state index contributed by atoms with van der Waals surface area (Å²) in [4.78, 5) is 15.8. The monoisotopic (exact) mass is 466 g/mol. The van der Waals surface area contributed by atoms with E-state index in [1.165, 1.54) is 5.56 Å². The number of nitrogens with one attached hydrogen (secondary N) is 3. The molecule has 1 aromatic carbocycles. The number of carbonyl (C=O) groups is 1. The zero-order valence-corrected chi connectivity index (χ0v) is 17.7. The van der Waals surface area contributed by atoms with Crippen LogP contribution in [0.3, 0.4) is 0 Å². The minimum absolute atomic E-state index is 0. The number of benzene rings is 1. The van der Waals surface area contributed by atoms with E-state index in [1.807, 2.05) is 31.2 Å². The molecule has 0 bridgehead atoms. The first-order valence-corrected chi connectivity index (χ1v) is 8.41. The van der Waals surface area contributed by atoms with E-state index < -0.39 is 0 Å². The minimum atomic E-state index is 0. The SMILES string of the molecule is CCC(C)NC(=O)CCNC(=NC)NCCc1ccc(Cl)cc1.I. The van der Waals surface area contributed by atoms with Crippen LogP contribution in [-0.4, -0.2) is 38.0 Å². The number of carbonyl (C=O) groups excluding carboxylic acids is 1. The van der Waals surface area contributed by atoms with Crippen molar-refractivity contribution >= 4 is 47.4 Å². The third kappa shape index (κ3) is 9.97. The number of amides is 1. The molecule has 136 valence electrons. The Labute approximate surface area is 167 Å². The van der Waals surface area contributed by atoms with E-state index in [9.17, 15) is 4.79 Å². The molecule has 1 unspecified atom stereocenters. The largest absolute Gasteiger partial charge is 0.356 e. The van der Waals surface area contributed by atoms with E-state index in [0.29, 0.717) is 18.9 Å². The average Bonchev–Trinajstić information content (AvgIpc) is 2.55. The number of hydrogen-bond donors (Lipinski definition) is 3. The fourth-order valence-electron chi connectivity index (χ4n) is 1.94. The Morgan fingerprint density at radius 1 is 1.21 bits per heavy atom. The summed E-state index contributed by atoms with van der Waals surface area (Å²) in [6.45, 7) is 5.38. The molecule has 0 fully saturated rings. The maximum Gasteiger partial charge on any atom is 0.221 e. The molecule has 0 aromatic heterocycles. The van der Waals surface area contributed by atoms with Crippen molar-refractivity contribution in [2.75, 3.05) is 20.1 Å². The molecular weight excluding hydrogens is 439 g/mol. The quantitative estimate of drug-likeness (QED) is 0.313. The molecule has 5 nitrogen and oxygen atoms in total. The Morgan fingerprint density at radius 2 is 1.83 bits per heavy atom. The zero-order chi connectivity index (χ0) is 17.1. The van der Waals surface area contributed by atoms with Crippen LogP contribution >= 0.6 is 35.6 Å². The van der Waals surface area contributed by atoms with E-state index in [-0.39, 0.29) is 35.9 Å². The van der Waals surface area contributed by atoms with Gasteiger partial charge in [-0.05, 0) is 37.5 Å². The van der Waals surface area contributed by atoms with Crippen molar-refractivity contribution in [2.24, 2.45) is 4.99 Å². The van der Waals surface area contributed by atoms with Crippen molar-refractivity contribution in [3.05, 3.63) is 34.9 Å². The van der Waals surface area contributed by atoms with Crippen LogP contribution in [0.5, 0.6) is 0 Å². The Kier molecular flexibility index (Phi) is 12.7. The van der Waals surface area contributed by atoms with Gasteiger partial charge in [-0.1, -0.05) is 30.7 Å². The lowest BCUT2D eigenvalue weighted by molar-refractivity contribution is -0.121. The molecule has 0 saturated carbocycles. The summed E-state index contributed by atoms with van der Waals surface area (Å²) < 4.78 is 0. The number of halogens is 2. The van der Waals surface area contributed by atoms with E-state index >= 15 is 0 Å². The topological polar surface area (TPSA) is 65.5 Å². The molecule has 0 heterocycles. The average molecular weight is 467 g/mol. The summed E-state index contributed by atoms with van der Waals surface area (Å²) >= 11 is 5.86. The lowest BCUT2D eigenvalue weighted by Gasteiger charge is -2.13. The molecule has 0 aliphatic carbocycles. The first-order chi connectivity index (χ1) is 11.0. The number of guanidine groups is 1. The van der Waals surface area contributed by atoms with Gasteiger partial charge in [-0.3, -0.25) is 9.79 Å². The summed E-state index contributed by atoms with van der Waals surface area (Å²) in [5.74, 6) is 0.763. The number of aliphatic imine (C=N–C) groups is 1. The maximum atomic E-state index is 11.7. The highest BCUT2D eigenvalue weighted by Crippen LogP contribution is 2.09. The Hall–Kier alpha value is -1.02. The molecule has 7 heteroatoms. The molecule has 0 aliphatic rings. The molecule has 0 aliphatic heterocycles. The minimum Gasteiger partial charge on any atom is -0.356 e. The van der Waals surface area contributed by atoms with Crippen molar-refractivity contribution < 1.29 is 4.79 Å². The van der Waals surface area contributed by atoms with Gasteiger partial charge in [0.25, 0.3) is 0 Å². The Balaban J connectivity index is 0.00000529. The van der Waals surface area contributed by atoms with Crippen LogP contribution in [0, 0.1) is 0 Å². The van der Waals surface area contributed by atoms with Gasteiger partial charge in [0.05, 0.1) is 0 Å². The third-order valence-electron chi connectivity index (χ3n) is 3.51. The second-order valence-electron chi connectivity index (χ2n) is 5.43. The summed E-state index contributed by atoms with van der Waals surface area (Å²) in [5, 5.41) is 10.1. The highest BCUT2D eigenvalue weighted by atomic mass is 127. The summed E-state index contributed by atoms with van der Waals surface area (Å²) in [5.41, 5.74) is 1.21. The van der Waals surface area contributed by atoms with E-state index in [1.54, 1.807) is 7.05 Å². The molecule has 0 radical (unpaired) electrons. The number of nitrogens with zero attached hydrogens (tertiary/aromatic N) is 1. The molecule has 3 N–H and O–H groups in total. The van der Waals surface area contributed by atoms with Crippen LogP contribution in [0.15, 0.2) is 29.3 Å². The molecule has 0 spiro atoms. The summed E-state index contributed by atoms with van der Waals surface area (Å²) in [6, 6.07) is 8.03. The number of rotatable bonds is 8. The maximum absolute atomic E-state index is 11.7. The highest BCUT2D eigenvalue weighted by molar-refractivity contribution is 14.0. The van der Waals surface area contributed by atoms with Gasteiger partial charge >= 0.3 is 0 Å². The standard InChI is InChI=1S/C17H27ClN4O.HI/c1-4-13(2)22-16(23)10-12-21-17(19-3)20-11-9-14-5-7-15(18)8-6-14;/h5-8,13H,4,9-12H2,1-3H3,(H,22,23)(H2,19,20,21);1H. The van der Waals surface area contributed by atoms with Gasteiger partial charge in [-0.15, -0.1) is 24.0 Å². The third-order valence-corrected chi connectivity index (χ3v) is 3.76. The van der Waals surface area contributed by atoms with E-state index in [2.05, 4.69) is 27.9 Å². The zero-order valence-electron chi connectivity index (χ0n) is 14.6. The Morgan fingerprint density at radius 3 is 2.42 bits per heavy atom. The van der Waals surface area contributed by atoms with E-state index in [4.69, 9.17) is 11.6 Å². The molecule has 1 atom stereocenters. The fourth-order valence-corrected chi connectivity index (χ4v) is 2.07. The molecule has 1 rings (SSSR count). The second-order valence-corrected chi connectivity index (χ2v) is 5.87. The smallest absolute Gasteiger partial charge is 0.221 e. The summed E-state index contributed by atoms with van der Waals surface area (Å²) in [6.07, 6.45) is 2.25. The van der Waals surface area contributed by atoms with Crippen LogP contribution < -0.4 is 16.0 Å². The van der Waals surface area contributed by atoms with E-state index in [0.717, 1.165) is 24.4 Å². The van der Waals surface area contributed by atoms with Crippen LogP contribution in [0.1, 0.15) is 32.3 Å². The van der Waals surface area contributed by atoms with Crippen LogP contribution in [0.4, 0.5) is 0 Å². The van der Waals surface area contributed by atoms with Crippen LogP contribution in [-0.2, 0) is 11.2 Å². The normalized spacial score (nSPS) is 12.1. The predicted octanol–water partition coefficient (Wildman–Crippen LogP) is 2.97.